The third-order valence-electron chi connectivity index (χ3n) is 5.90. The molecule has 2 aromatic rings. The summed E-state index contributed by atoms with van der Waals surface area (Å²) in [5.41, 5.74) is 0.440. The fourth-order valence-electron chi connectivity index (χ4n) is 3.97. The van der Waals surface area contributed by atoms with E-state index in [0.717, 1.165) is 6.07 Å². The van der Waals surface area contributed by atoms with E-state index in [1.54, 1.807) is 0 Å². The van der Waals surface area contributed by atoms with Crippen LogP contribution < -0.4 is 5.32 Å². The molecule has 0 aliphatic carbocycles. The summed E-state index contributed by atoms with van der Waals surface area (Å²) in [5.74, 6) is -0.540. The van der Waals surface area contributed by atoms with Crippen molar-refractivity contribution in [2.75, 3.05) is 18.9 Å². The second kappa shape index (κ2) is 11.0. The van der Waals surface area contributed by atoms with E-state index < -0.39 is 33.8 Å². The highest BCUT2D eigenvalue weighted by molar-refractivity contribution is 5.67. The van der Waals surface area contributed by atoms with Crippen LogP contribution in [0, 0.1) is 20.2 Å². The van der Waals surface area contributed by atoms with E-state index in [4.69, 9.17) is 9.47 Å². The summed E-state index contributed by atoms with van der Waals surface area (Å²) < 4.78 is 11.5. The van der Waals surface area contributed by atoms with E-state index in [2.05, 4.69) is 29.3 Å². The lowest BCUT2D eigenvalue weighted by atomic mass is 10.0. The highest BCUT2D eigenvalue weighted by atomic mass is 16.7. The number of nitrogens with one attached hydrogen (secondary N) is 1. The molecule has 0 amide bonds. The highest BCUT2D eigenvalue weighted by Gasteiger charge is 2.36. The number of nitrogens with zero attached hydrogens (tertiary/aromatic N) is 3. The molecule has 0 aromatic heterocycles. The number of rotatable bonds is 9. The highest BCUT2D eigenvalue weighted by Crippen LogP contribution is 2.32. The molecule has 0 saturated carbocycles. The molecule has 1 fully saturated rings. The molecule has 34 heavy (non-hydrogen) atoms. The molecular weight excluding hydrogens is 444 g/mol. The van der Waals surface area contributed by atoms with Crippen LogP contribution >= 0.6 is 0 Å². The van der Waals surface area contributed by atoms with Gasteiger partial charge in [-0.25, -0.2) is 0 Å². The number of nitro groups is 2. The largest absolute Gasteiger partial charge is 0.434 e. The maximum Gasteiger partial charge on any atom is 0.305 e. The van der Waals surface area contributed by atoms with Crippen molar-refractivity contribution < 1.29 is 24.1 Å². The van der Waals surface area contributed by atoms with E-state index in [1.807, 2.05) is 25.2 Å². The minimum atomic E-state index is -0.966. The Morgan fingerprint density at radius 1 is 1.18 bits per heavy atom. The molecule has 11 nitrogen and oxygen atoms in total. The van der Waals surface area contributed by atoms with Gasteiger partial charge in [0.1, 0.15) is 5.69 Å². The molecule has 1 saturated heterocycles. The standard InChI is InChI=1S/C23H28N4O7/c1-15(17-7-5-4-6-8-17)25(3)14-19-10-12-21(23(34-19)33-16(2)28)24-20-11-9-18(26(29)30)13-22(20)27(31)32/h4-9,11,13,15,19,21,23-24H,10,12,14H2,1-3H3/t15-,19+,21-,23-/m1/s1. The van der Waals surface area contributed by atoms with Crippen LogP contribution in [0.1, 0.15) is 38.3 Å². The van der Waals surface area contributed by atoms with E-state index in [9.17, 15) is 25.0 Å². The van der Waals surface area contributed by atoms with Gasteiger partial charge in [0.2, 0.25) is 6.29 Å². The predicted octanol–water partition coefficient (Wildman–Crippen LogP) is 4.04. The van der Waals surface area contributed by atoms with Crippen LogP contribution in [0.5, 0.6) is 0 Å². The lowest BCUT2D eigenvalue weighted by Gasteiger charge is -2.38. The number of ether oxygens (including phenoxy) is 2. The zero-order valence-electron chi connectivity index (χ0n) is 19.2. The van der Waals surface area contributed by atoms with Gasteiger partial charge in [-0.2, -0.15) is 0 Å². The van der Waals surface area contributed by atoms with Crippen molar-refractivity contribution in [3.8, 4) is 0 Å². The van der Waals surface area contributed by atoms with Crippen LogP contribution in [-0.4, -0.2) is 52.7 Å². The number of hydrogen-bond acceptors (Lipinski definition) is 9. The summed E-state index contributed by atoms with van der Waals surface area (Å²) in [6, 6.07) is 13.0. The maximum atomic E-state index is 11.7. The van der Waals surface area contributed by atoms with Gasteiger partial charge in [-0.3, -0.25) is 29.9 Å². The SMILES string of the molecule is CC(=O)O[C@@H]1O[C@H](CN(C)[C@H](C)c2ccccc2)CC[C@H]1Nc1ccc([N+](=O)[O-])cc1[N+](=O)[O-]. The Balaban J connectivity index is 1.71. The summed E-state index contributed by atoms with van der Waals surface area (Å²) >= 11 is 0. The molecule has 11 heteroatoms. The van der Waals surface area contributed by atoms with Crippen molar-refractivity contribution in [2.45, 2.75) is 51.2 Å². The summed E-state index contributed by atoms with van der Waals surface area (Å²) in [4.78, 5) is 34.9. The minimum Gasteiger partial charge on any atom is -0.434 e. The Morgan fingerprint density at radius 3 is 2.50 bits per heavy atom. The Hall–Kier alpha value is -3.57. The molecule has 0 radical (unpaired) electrons. The van der Waals surface area contributed by atoms with Crippen LogP contribution in [0.15, 0.2) is 48.5 Å². The van der Waals surface area contributed by atoms with Crippen molar-refractivity contribution in [1.29, 1.82) is 0 Å². The first kappa shape index (κ1) is 25.1. The second-order valence-electron chi connectivity index (χ2n) is 8.31. The minimum absolute atomic E-state index is 0.0922. The lowest BCUT2D eigenvalue weighted by Crippen LogP contribution is -2.48. The summed E-state index contributed by atoms with van der Waals surface area (Å²) in [6.45, 7) is 3.96. The van der Waals surface area contributed by atoms with Crippen LogP contribution in [0.4, 0.5) is 17.1 Å². The number of non-ortho nitro benzene ring substituents is 1. The van der Waals surface area contributed by atoms with Gasteiger partial charge in [-0.05, 0) is 38.4 Å². The number of esters is 1. The Labute approximate surface area is 197 Å². The Morgan fingerprint density at radius 2 is 1.88 bits per heavy atom. The fourth-order valence-corrected chi connectivity index (χ4v) is 3.97. The molecule has 0 unspecified atom stereocenters. The molecule has 2 aromatic carbocycles. The monoisotopic (exact) mass is 472 g/mol. The molecule has 182 valence electrons. The van der Waals surface area contributed by atoms with Crippen molar-refractivity contribution in [3.63, 3.8) is 0 Å². The molecule has 1 aliphatic heterocycles. The zero-order valence-corrected chi connectivity index (χ0v) is 19.2. The molecule has 1 aliphatic rings. The Kier molecular flexibility index (Phi) is 8.13. The van der Waals surface area contributed by atoms with E-state index in [-0.39, 0.29) is 23.5 Å². The molecule has 1 N–H and O–H groups in total. The third kappa shape index (κ3) is 6.27. The number of likely N-dealkylation sites (N-methyl/N-ethyl adjacent to an activating group) is 1. The number of benzene rings is 2. The normalized spacial score (nSPS) is 21.0. The van der Waals surface area contributed by atoms with Gasteiger partial charge in [-0.15, -0.1) is 0 Å². The number of hydrogen-bond donors (Lipinski definition) is 1. The third-order valence-corrected chi connectivity index (χ3v) is 5.90. The maximum absolute atomic E-state index is 11.7. The van der Waals surface area contributed by atoms with E-state index >= 15 is 0 Å². The van der Waals surface area contributed by atoms with Crippen LogP contribution in [0.3, 0.4) is 0 Å². The number of carbonyl (C=O) groups is 1. The molecule has 4 atom stereocenters. The van der Waals surface area contributed by atoms with E-state index in [1.165, 1.54) is 24.6 Å². The smallest absolute Gasteiger partial charge is 0.305 e. The fraction of sp³-hybridized carbons (Fsp3) is 0.435. The number of anilines is 1. The molecule has 0 bridgehead atoms. The molecular formula is C23H28N4O7. The number of nitro benzene ring substituents is 2. The van der Waals surface area contributed by atoms with Crippen molar-refractivity contribution >= 4 is 23.0 Å². The molecule has 3 rings (SSSR count). The Bertz CT molecular complexity index is 1030. The van der Waals surface area contributed by atoms with Gasteiger partial charge in [0, 0.05) is 25.6 Å². The number of carbonyl (C=O) groups excluding carboxylic acids is 1. The average Bonchev–Trinajstić information content (AvgIpc) is 2.80. The predicted molar refractivity (Wildman–Crippen MR) is 124 cm³/mol. The van der Waals surface area contributed by atoms with Crippen molar-refractivity contribution in [2.24, 2.45) is 0 Å². The first-order valence-corrected chi connectivity index (χ1v) is 10.9. The van der Waals surface area contributed by atoms with Crippen LogP contribution in [0.2, 0.25) is 0 Å². The van der Waals surface area contributed by atoms with Gasteiger partial charge < -0.3 is 14.8 Å². The topological polar surface area (TPSA) is 137 Å². The summed E-state index contributed by atoms with van der Waals surface area (Å²) in [7, 11) is 1.99. The molecule has 1 heterocycles. The van der Waals surface area contributed by atoms with Crippen molar-refractivity contribution in [3.05, 3.63) is 74.3 Å². The zero-order chi connectivity index (χ0) is 24.8. The van der Waals surface area contributed by atoms with Gasteiger partial charge >= 0.3 is 5.97 Å². The second-order valence-corrected chi connectivity index (χ2v) is 8.31. The lowest BCUT2D eigenvalue weighted by molar-refractivity contribution is -0.393. The first-order chi connectivity index (χ1) is 16.2. The first-order valence-electron chi connectivity index (χ1n) is 10.9. The average molecular weight is 472 g/mol. The summed E-state index contributed by atoms with van der Waals surface area (Å²) in [5, 5.41) is 25.5. The van der Waals surface area contributed by atoms with Gasteiger partial charge in [-0.1, -0.05) is 30.3 Å². The van der Waals surface area contributed by atoms with Crippen LogP contribution in [-0.2, 0) is 14.3 Å². The van der Waals surface area contributed by atoms with Gasteiger partial charge in [0.25, 0.3) is 11.4 Å². The molecule has 0 spiro atoms. The quantitative estimate of drug-likeness (QED) is 0.325. The van der Waals surface area contributed by atoms with Gasteiger partial charge in [0.05, 0.1) is 28.1 Å². The van der Waals surface area contributed by atoms with Crippen LogP contribution in [0.25, 0.3) is 0 Å². The van der Waals surface area contributed by atoms with Crippen molar-refractivity contribution in [1.82, 2.24) is 4.90 Å². The summed E-state index contributed by atoms with van der Waals surface area (Å²) in [6.07, 6.45) is -0.0382. The van der Waals surface area contributed by atoms with Gasteiger partial charge in [0.15, 0.2) is 0 Å². The van der Waals surface area contributed by atoms with E-state index in [0.29, 0.717) is 19.4 Å².